The van der Waals surface area contributed by atoms with Gasteiger partial charge in [0, 0.05) is 12.1 Å². The van der Waals surface area contributed by atoms with Crippen LogP contribution in [-0.2, 0) is 9.59 Å². The average Bonchev–Trinajstić information content (AvgIpc) is 2.68. The lowest BCUT2D eigenvalue weighted by Crippen LogP contribution is -2.44. The van der Waals surface area contributed by atoms with Crippen LogP contribution in [0.25, 0.3) is 0 Å². The Kier molecular flexibility index (Phi) is 4.11. The summed E-state index contributed by atoms with van der Waals surface area (Å²) < 4.78 is 0. The molecule has 0 aromatic heterocycles. The molecule has 2 amide bonds. The molecule has 0 radical (unpaired) electrons. The molecule has 116 valence electrons. The number of imide groups is 1. The number of hydrogen-bond acceptors (Lipinski definition) is 5. The minimum Gasteiger partial charge on any atom is -0.481 e. The van der Waals surface area contributed by atoms with Crippen molar-refractivity contribution in [2.24, 2.45) is 0 Å². The van der Waals surface area contributed by atoms with Crippen molar-refractivity contribution < 1.29 is 29.4 Å². The summed E-state index contributed by atoms with van der Waals surface area (Å²) in [5, 5.41) is 17.9. The third-order valence-electron chi connectivity index (χ3n) is 3.44. The van der Waals surface area contributed by atoms with E-state index in [-0.39, 0.29) is 36.1 Å². The smallest absolute Gasteiger partial charge is 0.326 e. The van der Waals surface area contributed by atoms with Crippen LogP contribution in [0.3, 0.4) is 0 Å². The summed E-state index contributed by atoms with van der Waals surface area (Å²) in [7, 11) is 0. The Morgan fingerprint density at radius 3 is 2.41 bits per heavy atom. The van der Waals surface area contributed by atoms with Crippen LogP contribution in [0, 0.1) is 0 Å². The van der Waals surface area contributed by atoms with Crippen molar-refractivity contribution in [1.82, 2.24) is 4.90 Å². The minimum atomic E-state index is -1.41. The van der Waals surface area contributed by atoms with Gasteiger partial charge in [-0.3, -0.25) is 19.3 Å². The van der Waals surface area contributed by atoms with Crippen molar-refractivity contribution in [2.45, 2.75) is 25.3 Å². The normalized spacial score (nSPS) is 14.8. The largest absolute Gasteiger partial charge is 0.481 e. The van der Waals surface area contributed by atoms with Crippen molar-refractivity contribution in [3.63, 3.8) is 0 Å². The van der Waals surface area contributed by atoms with Gasteiger partial charge in [-0.05, 0) is 25.0 Å². The number of fused-ring (bicyclic) bond motifs is 1. The molecule has 0 saturated heterocycles. The summed E-state index contributed by atoms with van der Waals surface area (Å²) in [4.78, 5) is 47.1. The standard InChI is InChI=1S/C14H14N2O6/c15-8-4-1-3-7-11(8)13(20)16(12(7)19)9(14(21)22)5-2-6-10(17)18/h1,3-4,9H,2,5-6,15H2,(H,17,18)(H,21,22). The number of benzene rings is 1. The van der Waals surface area contributed by atoms with Gasteiger partial charge in [0.1, 0.15) is 6.04 Å². The molecule has 8 nitrogen and oxygen atoms in total. The lowest BCUT2D eigenvalue weighted by Gasteiger charge is -2.22. The van der Waals surface area contributed by atoms with E-state index in [1.54, 1.807) is 0 Å². The van der Waals surface area contributed by atoms with Gasteiger partial charge in [-0.25, -0.2) is 4.79 Å². The molecule has 1 aromatic carbocycles. The molecule has 0 fully saturated rings. The number of nitrogen functional groups attached to an aromatic ring is 1. The van der Waals surface area contributed by atoms with Gasteiger partial charge in [-0.15, -0.1) is 0 Å². The number of nitrogens with two attached hydrogens (primary N) is 1. The van der Waals surface area contributed by atoms with E-state index >= 15 is 0 Å². The highest BCUT2D eigenvalue weighted by atomic mass is 16.4. The summed E-state index contributed by atoms with van der Waals surface area (Å²) in [5.74, 6) is -3.93. The second-order valence-electron chi connectivity index (χ2n) is 4.89. The second-order valence-corrected chi connectivity index (χ2v) is 4.89. The number of rotatable bonds is 6. The first-order chi connectivity index (χ1) is 10.3. The average molecular weight is 306 g/mol. The van der Waals surface area contributed by atoms with E-state index in [2.05, 4.69) is 0 Å². The van der Waals surface area contributed by atoms with Gasteiger partial charge < -0.3 is 15.9 Å². The zero-order valence-electron chi connectivity index (χ0n) is 11.5. The van der Waals surface area contributed by atoms with Crippen LogP contribution in [0.5, 0.6) is 0 Å². The van der Waals surface area contributed by atoms with Crippen LogP contribution >= 0.6 is 0 Å². The van der Waals surface area contributed by atoms with E-state index in [0.29, 0.717) is 4.90 Å². The molecule has 8 heteroatoms. The van der Waals surface area contributed by atoms with Gasteiger partial charge in [0.2, 0.25) is 0 Å². The fourth-order valence-electron chi connectivity index (χ4n) is 2.42. The first-order valence-electron chi connectivity index (χ1n) is 6.55. The zero-order chi connectivity index (χ0) is 16.4. The molecule has 1 unspecified atom stereocenters. The Hall–Kier alpha value is -2.90. The van der Waals surface area contributed by atoms with Crippen molar-refractivity contribution in [1.29, 1.82) is 0 Å². The van der Waals surface area contributed by atoms with Gasteiger partial charge in [-0.2, -0.15) is 0 Å². The fraction of sp³-hybridized carbons (Fsp3) is 0.286. The van der Waals surface area contributed by atoms with Crippen molar-refractivity contribution >= 4 is 29.4 Å². The number of anilines is 1. The van der Waals surface area contributed by atoms with Crippen molar-refractivity contribution in [3.8, 4) is 0 Å². The number of carboxylic acids is 2. The van der Waals surface area contributed by atoms with Crippen LogP contribution in [0.1, 0.15) is 40.0 Å². The minimum absolute atomic E-state index is 0.00279. The quantitative estimate of drug-likeness (QED) is 0.516. The van der Waals surface area contributed by atoms with Crippen molar-refractivity contribution in [3.05, 3.63) is 29.3 Å². The predicted octanol–water partition coefficient (Wildman–Crippen LogP) is 0.573. The molecule has 1 aliphatic rings. The maximum Gasteiger partial charge on any atom is 0.326 e. The van der Waals surface area contributed by atoms with E-state index in [1.807, 2.05) is 0 Å². The molecule has 1 aromatic rings. The number of carboxylic acid groups (broad SMARTS) is 2. The molecule has 1 aliphatic heterocycles. The highest BCUT2D eigenvalue weighted by molar-refractivity contribution is 6.24. The SMILES string of the molecule is Nc1cccc2c1C(=O)N(C(CCCC(=O)O)C(=O)O)C2=O. The van der Waals surface area contributed by atoms with Gasteiger partial charge >= 0.3 is 11.9 Å². The number of hydrogen-bond donors (Lipinski definition) is 3. The van der Waals surface area contributed by atoms with Crippen LogP contribution in [-0.4, -0.2) is 44.9 Å². The number of nitrogens with zero attached hydrogens (tertiary/aromatic N) is 1. The third kappa shape index (κ3) is 2.62. The number of carbonyl (C=O) groups excluding carboxylic acids is 2. The summed E-state index contributed by atoms with van der Waals surface area (Å²) in [6.45, 7) is 0. The molecule has 0 aliphatic carbocycles. The molecule has 4 N–H and O–H groups in total. The molecule has 0 spiro atoms. The molecule has 2 rings (SSSR count). The summed E-state index contributed by atoms with van der Waals surface area (Å²) in [6.07, 6.45) is -0.336. The molecule has 22 heavy (non-hydrogen) atoms. The Labute approximate surface area is 125 Å². The third-order valence-corrected chi connectivity index (χ3v) is 3.44. The van der Waals surface area contributed by atoms with E-state index in [1.165, 1.54) is 18.2 Å². The molecule has 0 bridgehead atoms. The van der Waals surface area contributed by atoms with E-state index < -0.39 is 29.8 Å². The maximum atomic E-state index is 12.3. The van der Waals surface area contributed by atoms with Crippen LogP contribution < -0.4 is 5.73 Å². The van der Waals surface area contributed by atoms with E-state index in [0.717, 1.165) is 0 Å². The van der Waals surface area contributed by atoms with Crippen LogP contribution in [0.15, 0.2) is 18.2 Å². The van der Waals surface area contributed by atoms with Gasteiger partial charge in [-0.1, -0.05) is 6.07 Å². The fourth-order valence-corrected chi connectivity index (χ4v) is 2.42. The van der Waals surface area contributed by atoms with E-state index in [4.69, 9.17) is 10.8 Å². The van der Waals surface area contributed by atoms with E-state index in [9.17, 15) is 24.3 Å². The zero-order valence-corrected chi connectivity index (χ0v) is 11.5. The first-order valence-corrected chi connectivity index (χ1v) is 6.55. The van der Waals surface area contributed by atoms with Crippen LogP contribution in [0.2, 0.25) is 0 Å². The first kappa shape index (κ1) is 15.5. The Morgan fingerprint density at radius 2 is 1.86 bits per heavy atom. The number of carbonyl (C=O) groups is 4. The van der Waals surface area contributed by atoms with Crippen molar-refractivity contribution in [2.75, 3.05) is 5.73 Å². The summed E-state index contributed by atoms with van der Waals surface area (Å²) in [6, 6.07) is 2.95. The Bertz CT molecular complexity index is 669. The molecule has 1 heterocycles. The van der Waals surface area contributed by atoms with Gasteiger partial charge in [0.15, 0.2) is 0 Å². The van der Waals surface area contributed by atoms with Gasteiger partial charge in [0.25, 0.3) is 11.8 Å². The molecular formula is C14H14N2O6. The van der Waals surface area contributed by atoms with Gasteiger partial charge in [0.05, 0.1) is 11.1 Å². The molecule has 0 saturated carbocycles. The maximum absolute atomic E-state index is 12.3. The Morgan fingerprint density at radius 1 is 1.18 bits per heavy atom. The monoisotopic (exact) mass is 306 g/mol. The lowest BCUT2D eigenvalue weighted by molar-refractivity contribution is -0.142. The highest BCUT2D eigenvalue weighted by Crippen LogP contribution is 2.30. The Balaban J connectivity index is 2.29. The second kappa shape index (κ2) is 5.84. The highest BCUT2D eigenvalue weighted by Gasteiger charge is 2.43. The molecular weight excluding hydrogens is 292 g/mol. The number of amides is 2. The summed E-state index contributed by atoms with van der Waals surface area (Å²) >= 11 is 0. The molecule has 1 atom stereocenters. The topological polar surface area (TPSA) is 138 Å². The number of aliphatic carboxylic acids is 2. The lowest BCUT2D eigenvalue weighted by atomic mass is 10.1. The van der Waals surface area contributed by atoms with Crippen LogP contribution in [0.4, 0.5) is 5.69 Å². The summed E-state index contributed by atoms with van der Waals surface area (Å²) in [5.41, 5.74) is 5.84. The predicted molar refractivity (Wildman–Crippen MR) is 74.3 cm³/mol.